The zero-order valence-corrected chi connectivity index (χ0v) is 11.1. The molecule has 0 aliphatic rings. The molecule has 0 spiro atoms. The minimum atomic E-state index is -0.105. The van der Waals surface area contributed by atoms with Gasteiger partial charge in [0.1, 0.15) is 5.75 Å². The second kappa shape index (κ2) is 6.79. The average Bonchev–Trinajstić information content (AvgIpc) is 2.31. The molecule has 0 aromatic heterocycles. The summed E-state index contributed by atoms with van der Waals surface area (Å²) in [6.45, 7) is 5.89. The lowest BCUT2D eigenvalue weighted by atomic mass is 10.1. The maximum atomic E-state index is 11.5. The summed E-state index contributed by atoms with van der Waals surface area (Å²) in [5.41, 5.74) is 3.86. The third kappa shape index (κ3) is 4.20. The van der Waals surface area contributed by atoms with Gasteiger partial charge in [-0.25, -0.2) is 5.43 Å². The van der Waals surface area contributed by atoms with Gasteiger partial charge in [-0.15, -0.1) is 0 Å². The molecule has 1 aromatic carbocycles. The zero-order chi connectivity index (χ0) is 13.5. The highest BCUT2D eigenvalue weighted by atomic mass is 16.3. The lowest BCUT2D eigenvalue weighted by Crippen LogP contribution is -2.21. The molecule has 1 aromatic rings. The molecule has 2 N–H and O–H groups in total. The fourth-order valence-corrected chi connectivity index (χ4v) is 1.59. The number of amides is 1. The zero-order valence-electron chi connectivity index (χ0n) is 11.1. The number of para-hydroxylation sites is 1. The maximum Gasteiger partial charge on any atom is 0.240 e. The van der Waals surface area contributed by atoms with Crippen LogP contribution < -0.4 is 5.43 Å². The number of hydrogen-bond acceptors (Lipinski definition) is 3. The van der Waals surface area contributed by atoms with Crippen LogP contribution in [0, 0.1) is 5.92 Å². The Labute approximate surface area is 108 Å². The molecule has 0 unspecified atom stereocenters. The maximum absolute atomic E-state index is 11.5. The molecule has 4 nitrogen and oxygen atoms in total. The molecule has 0 bridgehead atoms. The van der Waals surface area contributed by atoms with Crippen LogP contribution in [0.15, 0.2) is 29.4 Å². The molecule has 0 radical (unpaired) electrons. The van der Waals surface area contributed by atoms with Crippen molar-refractivity contribution in [2.24, 2.45) is 11.0 Å². The molecule has 0 heterocycles. The second-order valence-corrected chi connectivity index (χ2v) is 4.56. The SMILES string of the molecule is CCC(=NNC(=O)CC(C)C)c1ccccc1O. The van der Waals surface area contributed by atoms with E-state index < -0.39 is 0 Å². The van der Waals surface area contributed by atoms with Crippen LogP contribution in [-0.2, 0) is 4.79 Å². The Morgan fingerprint density at radius 2 is 2.06 bits per heavy atom. The van der Waals surface area contributed by atoms with Crippen LogP contribution in [0.2, 0.25) is 0 Å². The standard InChI is InChI=1S/C14H20N2O2/c1-4-12(11-7-5-6-8-13(11)17)15-16-14(18)9-10(2)3/h5-8,10,17H,4,9H2,1-3H3,(H,16,18). The molecule has 0 fully saturated rings. The Kier molecular flexibility index (Phi) is 5.36. The normalized spacial score (nSPS) is 11.7. The first-order valence-corrected chi connectivity index (χ1v) is 6.18. The van der Waals surface area contributed by atoms with Crippen molar-refractivity contribution in [2.45, 2.75) is 33.6 Å². The van der Waals surface area contributed by atoms with Gasteiger partial charge in [-0.05, 0) is 24.5 Å². The summed E-state index contributed by atoms with van der Waals surface area (Å²) in [6.07, 6.45) is 1.08. The smallest absolute Gasteiger partial charge is 0.240 e. The minimum absolute atomic E-state index is 0.105. The van der Waals surface area contributed by atoms with Crippen molar-refractivity contribution in [1.29, 1.82) is 0 Å². The topological polar surface area (TPSA) is 61.7 Å². The van der Waals surface area contributed by atoms with Gasteiger partial charge in [-0.1, -0.05) is 32.9 Å². The van der Waals surface area contributed by atoms with Gasteiger partial charge < -0.3 is 5.11 Å². The van der Waals surface area contributed by atoms with Crippen molar-refractivity contribution in [3.63, 3.8) is 0 Å². The van der Waals surface area contributed by atoms with Gasteiger partial charge >= 0.3 is 0 Å². The Morgan fingerprint density at radius 1 is 1.39 bits per heavy atom. The molecule has 18 heavy (non-hydrogen) atoms. The molecule has 1 amide bonds. The molecule has 0 aliphatic carbocycles. The number of phenols is 1. The van der Waals surface area contributed by atoms with E-state index in [4.69, 9.17) is 0 Å². The number of benzene rings is 1. The Bertz CT molecular complexity index is 439. The van der Waals surface area contributed by atoms with Gasteiger partial charge in [-0.3, -0.25) is 4.79 Å². The van der Waals surface area contributed by atoms with Gasteiger partial charge in [0.2, 0.25) is 5.91 Å². The molecular weight excluding hydrogens is 228 g/mol. The number of nitrogens with zero attached hydrogens (tertiary/aromatic N) is 1. The predicted molar refractivity (Wildman–Crippen MR) is 72.5 cm³/mol. The first-order chi connectivity index (χ1) is 8.54. The lowest BCUT2D eigenvalue weighted by molar-refractivity contribution is -0.121. The molecular formula is C14H20N2O2. The van der Waals surface area contributed by atoms with Gasteiger partial charge in [0.15, 0.2) is 0 Å². The third-order valence-corrected chi connectivity index (χ3v) is 2.46. The monoisotopic (exact) mass is 248 g/mol. The first-order valence-electron chi connectivity index (χ1n) is 6.18. The van der Waals surface area contributed by atoms with Crippen LogP contribution in [0.3, 0.4) is 0 Å². The quantitative estimate of drug-likeness (QED) is 0.621. The molecule has 0 saturated carbocycles. The second-order valence-electron chi connectivity index (χ2n) is 4.56. The lowest BCUT2D eigenvalue weighted by Gasteiger charge is -2.07. The van der Waals surface area contributed by atoms with Crippen molar-refractivity contribution in [1.82, 2.24) is 5.43 Å². The van der Waals surface area contributed by atoms with Crippen molar-refractivity contribution in [3.05, 3.63) is 29.8 Å². The number of aromatic hydroxyl groups is 1. The highest BCUT2D eigenvalue weighted by molar-refractivity contribution is 6.03. The van der Waals surface area contributed by atoms with Crippen LogP contribution in [0.25, 0.3) is 0 Å². The molecule has 0 aliphatic heterocycles. The van der Waals surface area contributed by atoms with Crippen LogP contribution >= 0.6 is 0 Å². The summed E-state index contributed by atoms with van der Waals surface area (Å²) in [4.78, 5) is 11.5. The van der Waals surface area contributed by atoms with Gasteiger partial charge in [0.25, 0.3) is 0 Å². The van der Waals surface area contributed by atoms with E-state index in [2.05, 4.69) is 10.5 Å². The van der Waals surface area contributed by atoms with E-state index in [9.17, 15) is 9.90 Å². The van der Waals surface area contributed by atoms with E-state index in [1.807, 2.05) is 26.8 Å². The van der Waals surface area contributed by atoms with Crippen LogP contribution in [0.5, 0.6) is 5.75 Å². The van der Waals surface area contributed by atoms with Crippen LogP contribution in [-0.4, -0.2) is 16.7 Å². The highest BCUT2D eigenvalue weighted by Gasteiger charge is 2.08. The Morgan fingerprint density at radius 3 is 2.61 bits per heavy atom. The summed E-state index contributed by atoms with van der Waals surface area (Å²) in [7, 11) is 0. The van der Waals surface area contributed by atoms with Crippen molar-refractivity contribution in [3.8, 4) is 5.75 Å². The number of carbonyl (C=O) groups is 1. The number of phenolic OH excluding ortho intramolecular Hbond substituents is 1. The van der Waals surface area contributed by atoms with Crippen molar-refractivity contribution >= 4 is 11.6 Å². The third-order valence-electron chi connectivity index (χ3n) is 2.46. The number of nitrogens with one attached hydrogen (secondary N) is 1. The van der Waals surface area contributed by atoms with E-state index in [1.165, 1.54) is 0 Å². The summed E-state index contributed by atoms with van der Waals surface area (Å²) < 4.78 is 0. The summed E-state index contributed by atoms with van der Waals surface area (Å²) in [6, 6.07) is 6.97. The summed E-state index contributed by atoms with van der Waals surface area (Å²) in [5, 5.41) is 13.8. The Hall–Kier alpha value is -1.84. The fourth-order valence-electron chi connectivity index (χ4n) is 1.59. The molecule has 98 valence electrons. The van der Waals surface area contributed by atoms with Crippen LogP contribution in [0.1, 0.15) is 39.2 Å². The largest absolute Gasteiger partial charge is 0.507 e. The number of hydrogen-bond donors (Lipinski definition) is 2. The van der Waals surface area contributed by atoms with Crippen molar-refractivity contribution < 1.29 is 9.90 Å². The molecule has 1 rings (SSSR count). The van der Waals surface area contributed by atoms with Crippen LogP contribution in [0.4, 0.5) is 0 Å². The number of carbonyl (C=O) groups excluding carboxylic acids is 1. The average molecular weight is 248 g/mol. The summed E-state index contributed by atoms with van der Waals surface area (Å²) >= 11 is 0. The van der Waals surface area contributed by atoms with Gasteiger partial charge in [-0.2, -0.15) is 5.10 Å². The number of rotatable bonds is 5. The molecule has 4 heteroatoms. The fraction of sp³-hybridized carbons (Fsp3) is 0.429. The van der Waals surface area contributed by atoms with E-state index in [0.29, 0.717) is 30.0 Å². The van der Waals surface area contributed by atoms with E-state index in [-0.39, 0.29) is 11.7 Å². The van der Waals surface area contributed by atoms with Gasteiger partial charge in [0.05, 0.1) is 5.71 Å². The molecule has 0 atom stereocenters. The van der Waals surface area contributed by atoms with E-state index in [1.54, 1.807) is 18.2 Å². The Balaban J connectivity index is 2.78. The van der Waals surface area contributed by atoms with Gasteiger partial charge in [0, 0.05) is 12.0 Å². The molecule has 0 saturated heterocycles. The summed E-state index contributed by atoms with van der Waals surface area (Å²) in [5.74, 6) is 0.373. The minimum Gasteiger partial charge on any atom is -0.507 e. The van der Waals surface area contributed by atoms with Crippen molar-refractivity contribution in [2.75, 3.05) is 0 Å². The first kappa shape index (κ1) is 14.2. The van der Waals surface area contributed by atoms with E-state index >= 15 is 0 Å². The van der Waals surface area contributed by atoms with E-state index in [0.717, 1.165) is 0 Å². The number of hydrazone groups is 1. The predicted octanol–water partition coefficient (Wildman–Crippen LogP) is 2.67. The highest BCUT2D eigenvalue weighted by Crippen LogP contribution is 2.17.